The van der Waals surface area contributed by atoms with Crippen LogP contribution in [0, 0.1) is 24.7 Å². The van der Waals surface area contributed by atoms with Gasteiger partial charge in [-0.05, 0) is 69.4 Å². The smallest absolute Gasteiger partial charge is 0.354 e. The van der Waals surface area contributed by atoms with Crippen molar-refractivity contribution < 1.29 is 22.8 Å². The highest BCUT2D eigenvalue weighted by Gasteiger charge is 2.48. The fourth-order valence-electron chi connectivity index (χ4n) is 7.00. The first-order valence-corrected chi connectivity index (χ1v) is 14.2. The van der Waals surface area contributed by atoms with Gasteiger partial charge >= 0.3 is 6.18 Å². The monoisotopic (exact) mass is 561 g/mol. The molecule has 0 aromatic carbocycles. The van der Waals surface area contributed by atoms with Gasteiger partial charge in [-0.2, -0.15) is 13.2 Å². The van der Waals surface area contributed by atoms with Gasteiger partial charge in [-0.1, -0.05) is 6.92 Å². The standard InChI is InChI=1S/C29H38F3N5O3/c1-16-4-5-21(13-23(16)24-11-19-14-34-17(2)8-25(19)36(3)28(24)40)35-27(39)18-9-20(29(30,31)32)12-22(10-18)37-7-6-33-26(38)15-37/h8,11,14,16,18,20-23H,4-7,9-10,12-13,15H2,1-3H3,(H,33,38)(H,35,39). The van der Waals surface area contributed by atoms with Gasteiger partial charge in [0, 0.05) is 61.0 Å². The van der Waals surface area contributed by atoms with E-state index < -0.39 is 24.1 Å². The molecule has 2 amide bonds. The molecule has 2 aromatic heterocycles. The lowest BCUT2D eigenvalue weighted by Gasteiger charge is -2.42. The minimum Gasteiger partial charge on any atom is -0.354 e. The van der Waals surface area contributed by atoms with E-state index >= 15 is 0 Å². The highest BCUT2D eigenvalue weighted by Crippen LogP contribution is 2.42. The maximum Gasteiger partial charge on any atom is 0.391 e. The average Bonchev–Trinajstić information content (AvgIpc) is 2.91. The minimum absolute atomic E-state index is 0.0571. The van der Waals surface area contributed by atoms with E-state index in [4.69, 9.17) is 0 Å². The summed E-state index contributed by atoms with van der Waals surface area (Å²) in [5, 5.41) is 6.65. The van der Waals surface area contributed by atoms with Crippen LogP contribution in [0.3, 0.4) is 0 Å². The Morgan fingerprint density at radius 3 is 2.62 bits per heavy atom. The first-order valence-electron chi connectivity index (χ1n) is 14.2. The van der Waals surface area contributed by atoms with Crippen LogP contribution in [0.5, 0.6) is 0 Å². The number of aryl methyl sites for hydroxylation is 2. The van der Waals surface area contributed by atoms with Crippen LogP contribution in [0.4, 0.5) is 13.2 Å². The second-order valence-electron chi connectivity index (χ2n) is 12.1. The van der Waals surface area contributed by atoms with Crippen LogP contribution in [-0.4, -0.2) is 64.2 Å². The Morgan fingerprint density at radius 1 is 1.12 bits per heavy atom. The molecule has 2 aliphatic carbocycles. The largest absolute Gasteiger partial charge is 0.391 e. The molecular formula is C29H38F3N5O3. The zero-order valence-electron chi connectivity index (χ0n) is 23.3. The molecule has 40 heavy (non-hydrogen) atoms. The molecular weight excluding hydrogens is 523 g/mol. The Balaban J connectivity index is 1.32. The maximum atomic E-state index is 13.9. The maximum absolute atomic E-state index is 13.9. The number of rotatable bonds is 4. The molecule has 11 heteroatoms. The van der Waals surface area contributed by atoms with Crippen molar-refractivity contribution in [3.63, 3.8) is 0 Å². The molecule has 6 atom stereocenters. The van der Waals surface area contributed by atoms with Gasteiger partial charge in [-0.15, -0.1) is 0 Å². The first kappa shape index (κ1) is 28.6. The molecule has 3 aliphatic rings. The number of fused-ring (bicyclic) bond motifs is 1. The van der Waals surface area contributed by atoms with Crippen molar-refractivity contribution in [3.05, 3.63) is 39.9 Å². The number of alkyl halides is 3. The Labute approximate surface area is 231 Å². The van der Waals surface area contributed by atoms with Crippen molar-refractivity contribution in [1.29, 1.82) is 0 Å². The summed E-state index contributed by atoms with van der Waals surface area (Å²) in [6.07, 6.45) is -0.603. The normalized spacial score (nSPS) is 30.2. The van der Waals surface area contributed by atoms with Crippen molar-refractivity contribution in [3.8, 4) is 0 Å². The van der Waals surface area contributed by atoms with Gasteiger partial charge in [0.2, 0.25) is 11.8 Å². The Bertz CT molecular complexity index is 1340. The third kappa shape index (κ3) is 5.89. The van der Waals surface area contributed by atoms with E-state index in [0.29, 0.717) is 37.9 Å². The van der Waals surface area contributed by atoms with Gasteiger partial charge in [-0.3, -0.25) is 24.3 Å². The van der Waals surface area contributed by atoms with E-state index in [-0.39, 0.29) is 54.6 Å². The fourth-order valence-corrected chi connectivity index (χ4v) is 7.00. The quantitative estimate of drug-likeness (QED) is 0.597. The number of piperazine rings is 1. The lowest BCUT2D eigenvalue weighted by atomic mass is 9.73. The summed E-state index contributed by atoms with van der Waals surface area (Å²) >= 11 is 0. The van der Waals surface area contributed by atoms with Crippen LogP contribution in [-0.2, 0) is 16.6 Å². The van der Waals surface area contributed by atoms with Gasteiger partial charge in [0.05, 0.1) is 18.0 Å². The lowest BCUT2D eigenvalue weighted by Crippen LogP contribution is -2.55. The molecule has 218 valence electrons. The third-order valence-electron chi connectivity index (χ3n) is 9.31. The number of amides is 2. The van der Waals surface area contributed by atoms with Crippen LogP contribution in [0.2, 0.25) is 0 Å². The summed E-state index contributed by atoms with van der Waals surface area (Å²) < 4.78 is 43.3. The number of aromatic nitrogens is 2. The van der Waals surface area contributed by atoms with E-state index in [1.807, 2.05) is 19.1 Å². The summed E-state index contributed by atoms with van der Waals surface area (Å²) in [4.78, 5) is 44.9. The molecule has 1 aliphatic heterocycles. The summed E-state index contributed by atoms with van der Waals surface area (Å²) in [5.41, 5.74) is 2.25. The number of hydrogen-bond acceptors (Lipinski definition) is 5. The number of pyridine rings is 2. The van der Waals surface area contributed by atoms with Crippen LogP contribution >= 0.6 is 0 Å². The van der Waals surface area contributed by atoms with E-state index in [9.17, 15) is 27.6 Å². The van der Waals surface area contributed by atoms with Gasteiger partial charge in [0.1, 0.15) is 0 Å². The molecule has 8 nitrogen and oxygen atoms in total. The molecule has 0 radical (unpaired) electrons. The Morgan fingerprint density at radius 2 is 1.90 bits per heavy atom. The molecule has 3 fully saturated rings. The number of carbonyl (C=O) groups excluding carboxylic acids is 2. The molecule has 1 saturated heterocycles. The van der Waals surface area contributed by atoms with Gasteiger partial charge in [0.25, 0.3) is 5.56 Å². The van der Waals surface area contributed by atoms with E-state index in [1.165, 1.54) is 0 Å². The zero-order chi connectivity index (χ0) is 28.8. The second-order valence-corrected chi connectivity index (χ2v) is 12.1. The molecule has 2 saturated carbocycles. The summed E-state index contributed by atoms with van der Waals surface area (Å²) in [5.74, 6) is -2.78. The third-order valence-corrected chi connectivity index (χ3v) is 9.31. The molecule has 5 rings (SSSR count). The highest BCUT2D eigenvalue weighted by molar-refractivity contribution is 5.80. The number of nitrogens with one attached hydrogen (secondary N) is 2. The van der Waals surface area contributed by atoms with E-state index in [1.54, 1.807) is 22.7 Å². The molecule has 0 spiro atoms. The van der Waals surface area contributed by atoms with E-state index in [0.717, 1.165) is 23.0 Å². The summed E-state index contributed by atoms with van der Waals surface area (Å²) in [6.45, 7) is 4.92. The zero-order valence-corrected chi connectivity index (χ0v) is 23.3. The predicted octanol–water partition coefficient (Wildman–Crippen LogP) is 3.41. The van der Waals surface area contributed by atoms with Crippen molar-refractivity contribution in [1.82, 2.24) is 25.1 Å². The summed E-state index contributed by atoms with van der Waals surface area (Å²) in [6, 6.07) is 3.09. The molecule has 0 bridgehead atoms. The first-order chi connectivity index (χ1) is 18.9. The number of halogens is 3. The molecule has 2 N–H and O–H groups in total. The summed E-state index contributed by atoms with van der Waals surface area (Å²) in [7, 11) is 1.75. The number of carbonyl (C=O) groups is 2. The van der Waals surface area contributed by atoms with Crippen LogP contribution < -0.4 is 16.2 Å². The topological polar surface area (TPSA) is 96.3 Å². The SMILES string of the molecule is Cc1cc2c(cn1)cc(C1CC(NC(=O)C3CC(N4CCNC(=O)C4)CC(C(F)(F)F)C3)CCC1C)c(=O)n2C. The second kappa shape index (κ2) is 11.1. The number of nitrogens with zero attached hydrogens (tertiary/aromatic N) is 3. The van der Waals surface area contributed by atoms with Crippen molar-refractivity contribution in [2.75, 3.05) is 19.6 Å². The Kier molecular flexibility index (Phi) is 7.96. The van der Waals surface area contributed by atoms with Crippen LogP contribution in [0.15, 0.2) is 23.1 Å². The Hall–Kier alpha value is -2.95. The van der Waals surface area contributed by atoms with Crippen molar-refractivity contribution in [2.24, 2.45) is 24.8 Å². The molecule has 3 heterocycles. The lowest BCUT2D eigenvalue weighted by molar-refractivity contribution is -0.192. The van der Waals surface area contributed by atoms with Crippen LogP contribution in [0.25, 0.3) is 10.9 Å². The fraction of sp³-hybridized carbons (Fsp3) is 0.655. The highest BCUT2D eigenvalue weighted by atomic mass is 19.4. The van der Waals surface area contributed by atoms with Gasteiger partial charge in [0.15, 0.2) is 0 Å². The average molecular weight is 562 g/mol. The molecule has 2 aromatic rings. The van der Waals surface area contributed by atoms with E-state index in [2.05, 4.69) is 22.5 Å². The number of hydrogen-bond donors (Lipinski definition) is 2. The van der Waals surface area contributed by atoms with Crippen molar-refractivity contribution in [2.45, 2.75) is 76.6 Å². The molecule has 6 unspecified atom stereocenters. The van der Waals surface area contributed by atoms with Gasteiger partial charge in [-0.25, -0.2) is 0 Å². The minimum atomic E-state index is -4.40. The predicted molar refractivity (Wildman–Crippen MR) is 145 cm³/mol. The van der Waals surface area contributed by atoms with Crippen LogP contribution in [0.1, 0.15) is 62.6 Å². The van der Waals surface area contributed by atoms with Crippen molar-refractivity contribution >= 4 is 22.7 Å². The van der Waals surface area contributed by atoms with Gasteiger partial charge < -0.3 is 15.2 Å².